The number of halogens is 2. The lowest BCUT2D eigenvalue weighted by Gasteiger charge is -2.05. The molecule has 2 N–H and O–H groups in total. The summed E-state index contributed by atoms with van der Waals surface area (Å²) in [5.41, 5.74) is 9.60. The SMILES string of the molecule is Cn1nc(-c2ccc(Cl)c(Cl)c2)c(-c2ccncc2)c1N. The lowest BCUT2D eigenvalue weighted by Crippen LogP contribution is -1.97. The Morgan fingerprint density at radius 3 is 2.38 bits per heavy atom. The summed E-state index contributed by atoms with van der Waals surface area (Å²) >= 11 is 12.1. The van der Waals surface area contributed by atoms with Crippen LogP contribution >= 0.6 is 23.2 Å². The fourth-order valence-electron chi connectivity index (χ4n) is 2.19. The smallest absolute Gasteiger partial charge is 0.129 e. The number of pyridine rings is 1. The molecule has 0 unspecified atom stereocenters. The van der Waals surface area contributed by atoms with E-state index in [0.29, 0.717) is 15.9 Å². The minimum atomic E-state index is 0.485. The molecule has 0 spiro atoms. The van der Waals surface area contributed by atoms with E-state index in [1.807, 2.05) is 18.2 Å². The maximum atomic E-state index is 6.16. The van der Waals surface area contributed by atoms with E-state index in [9.17, 15) is 0 Å². The van der Waals surface area contributed by atoms with E-state index in [2.05, 4.69) is 10.1 Å². The third-order valence-electron chi connectivity index (χ3n) is 3.25. The molecular weight excluding hydrogens is 307 g/mol. The highest BCUT2D eigenvalue weighted by atomic mass is 35.5. The average molecular weight is 319 g/mol. The molecule has 3 aromatic rings. The molecule has 0 radical (unpaired) electrons. The highest BCUT2D eigenvalue weighted by Crippen LogP contribution is 2.37. The molecule has 0 atom stereocenters. The minimum absolute atomic E-state index is 0.485. The van der Waals surface area contributed by atoms with Gasteiger partial charge in [0.2, 0.25) is 0 Å². The molecule has 0 saturated carbocycles. The van der Waals surface area contributed by atoms with Crippen molar-refractivity contribution >= 4 is 29.0 Å². The van der Waals surface area contributed by atoms with Crippen molar-refractivity contribution < 1.29 is 0 Å². The Balaban J connectivity index is 2.24. The van der Waals surface area contributed by atoms with Gasteiger partial charge in [-0.15, -0.1) is 0 Å². The van der Waals surface area contributed by atoms with Crippen molar-refractivity contribution in [3.05, 3.63) is 52.8 Å². The molecular formula is C15H12Cl2N4. The van der Waals surface area contributed by atoms with Crippen molar-refractivity contribution in [2.45, 2.75) is 0 Å². The van der Waals surface area contributed by atoms with Crippen LogP contribution in [0.1, 0.15) is 0 Å². The molecule has 21 heavy (non-hydrogen) atoms. The molecule has 0 fully saturated rings. The minimum Gasteiger partial charge on any atom is -0.383 e. The molecule has 3 rings (SSSR count). The van der Waals surface area contributed by atoms with E-state index < -0.39 is 0 Å². The number of hydrogen-bond acceptors (Lipinski definition) is 3. The monoisotopic (exact) mass is 318 g/mol. The van der Waals surface area contributed by atoms with E-state index >= 15 is 0 Å². The number of anilines is 1. The number of nitrogen functional groups attached to an aromatic ring is 1. The second-order valence-corrected chi connectivity index (χ2v) is 5.41. The molecule has 1 aromatic carbocycles. The Morgan fingerprint density at radius 2 is 1.71 bits per heavy atom. The molecule has 0 bridgehead atoms. The third kappa shape index (κ3) is 2.48. The number of aromatic nitrogens is 3. The second-order valence-electron chi connectivity index (χ2n) is 4.60. The molecule has 0 aliphatic heterocycles. The first-order valence-electron chi connectivity index (χ1n) is 6.26. The predicted octanol–water partition coefficient (Wildman–Crippen LogP) is 4.04. The molecule has 6 heteroatoms. The Morgan fingerprint density at radius 1 is 1.00 bits per heavy atom. The first-order chi connectivity index (χ1) is 10.1. The van der Waals surface area contributed by atoms with E-state index in [-0.39, 0.29) is 0 Å². The Labute approximate surface area is 132 Å². The number of rotatable bonds is 2. The summed E-state index contributed by atoms with van der Waals surface area (Å²) in [5, 5.41) is 5.49. The second kappa shape index (κ2) is 5.39. The first-order valence-corrected chi connectivity index (χ1v) is 7.02. The van der Waals surface area contributed by atoms with Gasteiger partial charge >= 0.3 is 0 Å². The van der Waals surface area contributed by atoms with Gasteiger partial charge in [0.15, 0.2) is 0 Å². The molecule has 0 aliphatic carbocycles. The fourth-order valence-corrected chi connectivity index (χ4v) is 2.48. The van der Waals surface area contributed by atoms with Crippen LogP contribution in [0.4, 0.5) is 5.82 Å². The van der Waals surface area contributed by atoms with Crippen LogP contribution in [0.15, 0.2) is 42.7 Å². The fraction of sp³-hybridized carbons (Fsp3) is 0.0667. The van der Waals surface area contributed by atoms with Crippen LogP contribution in [0.2, 0.25) is 10.0 Å². The molecule has 0 saturated heterocycles. The highest BCUT2D eigenvalue weighted by molar-refractivity contribution is 6.42. The molecule has 2 aromatic heterocycles. The topological polar surface area (TPSA) is 56.7 Å². The van der Waals surface area contributed by atoms with E-state index in [4.69, 9.17) is 28.9 Å². The van der Waals surface area contributed by atoms with Crippen molar-refractivity contribution in [2.75, 3.05) is 5.73 Å². The van der Waals surface area contributed by atoms with Crippen LogP contribution in [-0.2, 0) is 7.05 Å². The predicted molar refractivity (Wildman–Crippen MR) is 86.3 cm³/mol. The summed E-state index contributed by atoms with van der Waals surface area (Å²) in [5.74, 6) is 0.585. The Kier molecular flexibility index (Phi) is 3.57. The zero-order chi connectivity index (χ0) is 15.0. The number of hydrogen-bond donors (Lipinski definition) is 1. The van der Waals surface area contributed by atoms with Gasteiger partial charge in [-0.2, -0.15) is 5.10 Å². The third-order valence-corrected chi connectivity index (χ3v) is 3.99. The lowest BCUT2D eigenvalue weighted by atomic mass is 10.0. The van der Waals surface area contributed by atoms with Crippen LogP contribution in [-0.4, -0.2) is 14.8 Å². The van der Waals surface area contributed by atoms with E-state index in [1.54, 1.807) is 36.3 Å². The molecule has 4 nitrogen and oxygen atoms in total. The van der Waals surface area contributed by atoms with Crippen molar-refractivity contribution in [3.8, 4) is 22.4 Å². The average Bonchev–Trinajstić information content (AvgIpc) is 2.79. The lowest BCUT2D eigenvalue weighted by molar-refractivity contribution is 0.782. The quantitative estimate of drug-likeness (QED) is 0.775. The Bertz CT molecular complexity index is 797. The van der Waals surface area contributed by atoms with Crippen molar-refractivity contribution in [1.29, 1.82) is 0 Å². The number of benzene rings is 1. The van der Waals surface area contributed by atoms with Gasteiger partial charge in [0.25, 0.3) is 0 Å². The molecule has 2 heterocycles. The zero-order valence-corrected chi connectivity index (χ0v) is 12.7. The summed E-state index contributed by atoms with van der Waals surface area (Å²) in [6.07, 6.45) is 3.45. The largest absolute Gasteiger partial charge is 0.383 e. The van der Waals surface area contributed by atoms with Gasteiger partial charge in [0.05, 0.1) is 15.6 Å². The van der Waals surface area contributed by atoms with Gasteiger partial charge in [0.1, 0.15) is 11.5 Å². The number of nitrogens with two attached hydrogens (primary N) is 1. The number of nitrogens with zero attached hydrogens (tertiary/aromatic N) is 3. The van der Waals surface area contributed by atoms with Gasteiger partial charge < -0.3 is 5.73 Å². The van der Waals surface area contributed by atoms with Crippen molar-refractivity contribution in [2.24, 2.45) is 7.05 Å². The maximum absolute atomic E-state index is 6.16. The van der Waals surface area contributed by atoms with E-state index in [1.165, 1.54) is 0 Å². The van der Waals surface area contributed by atoms with Gasteiger partial charge in [0, 0.05) is 25.0 Å². The van der Waals surface area contributed by atoms with Crippen LogP contribution in [0.5, 0.6) is 0 Å². The van der Waals surface area contributed by atoms with Gasteiger partial charge in [-0.25, -0.2) is 0 Å². The maximum Gasteiger partial charge on any atom is 0.129 e. The molecule has 0 aliphatic rings. The summed E-state index contributed by atoms with van der Waals surface area (Å²) in [6, 6.07) is 9.21. The van der Waals surface area contributed by atoms with E-state index in [0.717, 1.165) is 22.4 Å². The van der Waals surface area contributed by atoms with Crippen LogP contribution in [0.3, 0.4) is 0 Å². The normalized spacial score (nSPS) is 10.8. The highest BCUT2D eigenvalue weighted by Gasteiger charge is 2.17. The van der Waals surface area contributed by atoms with Gasteiger partial charge in [-0.05, 0) is 29.8 Å². The summed E-state index contributed by atoms with van der Waals surface area (Å²) in [4.78, 5) is 4.03. The van der Waals surface area contributed by atoms with Gasteiger partial charge in [-0.1, -0.05) is 29.3 Å². The Hall–Kier alpha value is -2.04. The number of aryl methyl sites for hydroxylation is 1. The first kappa shape index (κ1) is 13.9. The van der Waals surface area contributed by atoms with Gasteiger partial charge in [-0.3, -0.25) is 9.67 Å². The van der Waals surface area contributed by atoms with Crippen molar-refractivity contribution in [3.63, 3.8) is 0 Å². The zero-order valence-electron chi connectivity index (χ0n) is 11.2. The molecule has 106 valence electrons. The summed E-state index contributed by atoms with van der Waals surface area (Å²) in [6.45, 7) is 0. The standard InChI is InChI=1S/C15H12Cl2N4/c1-21-15(18)13(9-4-6-19-7-5-9)14(20-21)10-2-3-11(16)12(17)8-10/h2-8H,18H2,1H3. The molecule has 0 amide bonds. The summed E-state index contributed by atoms with van der Waals surface area (Å²) in [7, 11) is 1.81. The van der Waals surface area contributed by atoms with Crippen LogP contribution < -0.4 is 5.73 Å². The van der Waals surface area contributed by atoms with Crippen LogP contribution in [0, 0.1) is 0 Å². The van der Waals surface area contributed by atoms with Crippen LogP contribution in [0.25, 0.3) is 22.4 Å². The van der Waals surface area contributed by atoms with Crippen molar-refractivity contribution in [1.82, 2.24) is 14.8 Å². The summed E-state index contributed by atoms with van der Waals surface area (Å²) < 4.78 is 1.65.